The Morgan fingerprint density at radius 2 is 1.65 bits per heavy atom. The standard InChI is InChI=1S/C50H72N10O3/c1-6-12-45(48(63)54-35-61)60(36-62)44-19-16-38(25-46(44)56(4)5)13-10-9-11-20-59-33-50(34-59)26-40(27-50)32-58-23-21-57(22-24-58)31-39-14-17-41(18-15-39)42-29-51-47-43(42)30-53-49(55-47)52-28-37(7-2)8-3/h14-19,25,29-30,35-37,40,45H,6-13,20-24,26-28,31-34H2,1-5H3,(H,54,61,63)(H2,51,52,53,55). The molecule has 4 aromatic rings. The van der Waals surface area contributed by atoms with Crippen LogP contribution < -0.4 is 20.4 Å². The first-order valence-electron chi connectivity index (χ1n) is 23.8. The van der Waals surface area contributed by atoms with Gasteiger partial charge in [0, 0.05) is 96.3 Å². The van der Waals surface area contributed by atoms with Crippen molar-refractivity contribution in [1.82, 2.24) is 35.0 Å². The number of piperazine rings is 1. The number of nitrogens with one attached hydrogen (secondary N) is 3. The summed E-state index contributed by atoms with van der Waals surface area (Å²) in [5, 5.41) is 6.71. The number of amides is 3. The van der Waals surface area contributed by atoms with Crippen molar-refractivity contribution in [2.24, 2.45) is 17.3 Å². The van der Waals surface area contributed by atoms with E-state index in [1.807, 2.05) is 38.2 Å². The van der Waals surface area contributed by atoms with Gasteiger partial charge in [0.15, 0.2) is 0 Å². The highest BCUT2D eigenvalue weighted by atomic mass is 16.2. The molecular formula is C50H72N10O3. The largest absolute Gasteiger partial charge is 0.376 e. The van der Waals surface area contributed by atoms with Gasteiger partial charge >= 0.3 is 0 Å². The second kappa shape index (κ2) is 21.7. The molecule has 340 valence electrons. The number of anilines is 3. The number of aryl methyl sites for hydroxylation is 1. The number of carbonyl (C=O) groups is 3. The minimum absolute atomic E-state index is 0.380. The Kier molecular flexibility index (Phi) is 15.9. The molecule has 1 unspecified atom stereocenters. The number of carbonyl (C=O) groups excluding carboxylic acids is 3. The van der Waals surface area contributed by atoms with E-state index in [1.54, 1.807) is 0 Å². The van der Waals surface area contributed by atoms with Crippen molar-refractivity contribution in [1.29, 1.82) is 0 Å². The summed E-state index contributed by atoms with van der Waals surface area (Å²) in [5.74, 6) is 1.71. The molecule has 2 saturated heterocycles. The fraction of sp³-hybridized carbons (Fsp3) is 0.580. The van der Waals surface area contributed by atoms with Gasteiger partial charge in [-0.3, -0.25) is 24.6 Å². The SMILES string of the molecule is CCCC(C(=O)NC=O)N(C=O)c1ccc(CCCCCN2CC3(CC(CN4CCN(Cc5ccc(-c6c[nH]c7nc(NCC(CC)CC)ncc67)cc5)CC4)C3)C2)cc1N(C)C. The van der Waals surface area contributed by atoms with Crippen LogP contribution in [-0.4, -0.2) is 127 Å². The molecule has 4 heterocycles. The number of H-pyrrole nitrogens is 1. The first-order valence-corrected chi connectivity index (χ1v) is 23.8. The van der Waals surface area contributed by atoms with E-state index in [0.717, 1.165) is 93.2 Å². The molecule has 2 aliphatic heterocycles. The number of benzene rings is 2. The summed E-state index contributed by atoms with van der Waals surface area (Å²) < 4.78 is 0. The lowest BCUT2D eigenvalue weighted by Crippen LogP contribution is -2.63. The van der Waals surface area contributed by atoms with Crippen molar-refractivity contribution in [2.75, 3.05) is 88.1 Å². The van der Waals surface area contributed by atoms with Gasteiger partial charge in [0.1, 0.15) is 11.7 Å². The van der Waals surface area contributed by atoms with Crippen LogP contribution in [0.5, 0.6) is 0 Å². The topological polar surface area (TPSA) is 133 Å². The van der Waals surface area contributed by atoms with Crippen molar-refractivity contribution in [3.63, 3.8) is 0 Å². The molecule has 3 aliphatic rings. The maximum absolute atomic E-state index is 12.6. The summed E-state index contributed by atoms with van der Waals surface area (Å²) in [6, 6.07) is 14.4. The summed E-state index contributed by atoms with van der Waals surface area (Å²) in [6.45, 7) is 17.9. The number of hydrogen-bond acceptors (Lipinski definition) is 10. The van der Waals surface area contributed by atoms with Crippen molar-refractivity contribution < 1.29 is 14.4 Å². The number of aromatic amines is 1. The van der Waals surface area contributed by atoms with Crippen LogP contribution in [0.1, 0.15) is 89.7 Å². The van der Waals surface area contributed by atoms with Crippen LogP contribution in [0.2, 0.25) is 0 Å². The molecule has 3 fully saturated rings. The highest BCUT2D eigenvalue weighted by Gasteiger charge is 2.51. The van der Waals surface area contributed by atoms with Crippen LogP contribution in [0, 0.1) is 17.3 Å². The van der Waals surface area contributed by atoms with Gasteiger partial charge in [-0.1, -0.05) is 76.8 Å². The monoisotopic (exact) mass is 861 g/mol. The molecule has 3 amide bonds. The van der Waals surface area contributed by atoms with Crippen molar-refractivity contribution >= 4 is 47.1 Å². The minimum atomic E-state index is -0.742. The first kappa shape index (κ1) is 46.2. The van der Waals surface area contributed by atoms with Crippen LogP contribution in [0.15, 0.2) is 54.9 Å². The van der Waals surface area contributed by atoms with E-state index in [9.17, 15) is 14.4 Å². The Bertz CT molecular complexity index is 2090. The minimum Gasteiger partial charge on any atom is -0.376 e. The molecule has 0 bridgehead atoms. The number of fused-ring (bicyclic) bond motifs is 1. The van der Waals surface area contributed by atoms with Crippen molar-refractivity contribution in [2.45, 2.75) is 97.6 Å². The summed E-state index contributed by atoms with van der Waals surface area (Å²) in [4.78, 5) is 60.0. The Labute approximate surface area is 375 Å². The van der Waals surface area contributed by atoms with Gasteiger partial charge in [0.25, 0.3) is 0 Å². The summed E-state index contributed by atoms with van der Waals surface area (Å²) >= 11 is 0. The van der Waals surface area contributed by atoms with Crippen LogP contribution in [0.4, 0.5) is 17.3 Å². The zero-order chi connectivity index (χ0) is 44.3. The predicted molar refractivity (Wildman–Crippen MR) is 255 cm³/mol. The second-order valence-electron chi connectivity index (χ2n) is 19.0. The third-order valence-electron chi connectivity index (χ3n) is 14.1. The number of unbranched alkanes of at least 4 members (excludes halogenated alkanes) is 2. The fourth-order valence-corrected chi connectivity index (χ4v) is 10.5. The normalized spacial score (nSPS) is 17.4. The van der Waals surface area contributed by atoms with Crippen molar-refractivity contribution in [3.05, 3.63) is 66.0 Å². The smallest absolute Gasteiger partial charge is 0.249 e. The summed E-state index contributed by atoms with van der Waals surface area (Å²) in [5.41, 5.74) is 7.93. The molecule has 13 nitrogen and oxygen atoms in total. The van der Waals surface area contributed by atoms with Crippen molar-refractivity contribution in [3.8, 4) is 11.1 Å². The van der Waals surface area contributed by atoms with Gasteiger partial charge in [-0.15, -0.1) is 0 Å². The van der Waals surface area contributed by atoms with Crippen LogP contribution in [-0.2, 0) is 27.3 Å². The Morgan fingerprint density at radius 3 is 2.33 bits per heavy atom. The van der Waals surface area contributed by atoms with Gasteiger partial charge in [-0.05, 0) is 91.1 Å². The van der Waals surface area contributed by atoms with Crippen LogP contribution in [0.25, 0.3) is 22.2 Å². The quantitative estimate of drug-likeness (QED) is 0.0492. The number of imide groups is 1. The van der Waals surface area contributed by atoms with Crippen LogP contribution >= 0.6 is 0 Å². The Morgan fingerprint density at radius 1 is 0.921 bits per heavy atom. The number of likely N-dealkylation sites (tertiary alicyclic amines) is 1. The zero-order valence-corrected chi connectivity index (χ0v) is 38.6. The molecule has 2 aromatic heterocycles. The number of hydrogen-bond donors (Lipinski definition) is 3. The maximum atomic E-state index is 12.6. The van der Waals surface area contributed by atoms with Gasteiger partial charge < -0.3 is 29.9 Å². The molecule has 13 heteroatoms. The molecular weight excluding hydrogens is 789 g/mol. The molecule has 0 radical (unpaired) electrons. The first-order chi connectivity index (χ1) is 30.6. The van der Waals surface area contributed by atoms with E-state index in [4.69, 9.17) is 4.98 Å². The van der Waals surface area contributed by atoms with E-state index in [2.05, 4.69) is 91.7 Å². The maximum Gasteiger partial charge on any atom is 0.249 e. The lowest BCUT2D eigenvalue weighted by atomic mass is 9.57. The molecule has 63 heavy (non-hydrogen) atoms. The highest BCUT2D eigenvalue weighted by Crippen LogP contribution is 2.52. The molecule has 1 aliphatic carbocycles. The molecule has 1 spiro atoms. The van der Waals surface area contributed by atoms with E-state index in [0.29, 0.717) is 48.6 Å². The molecule has 2 aromatic carbocycles. The van der Waals surface area contributed by atoms with Crippen LogP contribution in [0.3, 0.4) is 0 Å². The second-order valence-corrected chi connectivity index (χ2v) is 19.0. The van der Waals surface area contributed by atoms with Gasteiger partial charge in [0.05, 0.1) is 11.4 Å². The predicted octanol–water partition coefficient (Wildman–Crippen LogP) is 7.19. The zero-order valence-electron chi connectivity index (χ0n) is 38.6. The van der Waals surface area contributed by atoms with E-state index < -0.39 is 11.9 Å². The van der Waals surface area contributed by atoms with Gasteiger partial charge in [-0.25, -0.2) is 4.98 Å². The Balaban J connectivity index is 0.767. The number of rotatable bonds is 24. The van der Waals surface area contributed by atoms with E-state index >= 15 is 0 Å². The number of aromatic nitrogens is 3. The third kappa shape index (κ3) is 11.5. The van der Waals surface area contributed by atoms with E-state index in [1.165, 1.54) is 73.5 Å². The third-order valence-corrected chi connectivity index (χ3v) is 14.1. The average molecular weight is 861 g/mol. The molecule has 3 N–H and O–H groups in total. The molecule has 7 rings (SSSR count). The Hall–Kier alpha value is -4.85. The molecule has 1 saturated carbocycles. The van der Waals surface area contributed by atoms with Gasteiger partial charge in [0.2, 0.25) is 24.7 Å². The van der Waals surface area contributed by atoms with E-state index in [-0.39, 0.29) is 0 Å². The summed E-state index contributed by atoms with van der Waals surface area (Å²) in [6.07, 6.45) is 15.8. The highest BCUT2D eigenvalue weighted by molar-refractivity contribution is 5.98. The lowest BCUT2D eigenvalue weighted by Gasteiger charge is -2.60. The lowest BCUT2D eigenvalue weighted by molar-refractivity contribution is -0.127. The summed E-state index contributed by atoms with van der Waals surface area (Å²) in [7, 11) is 3.90. The average Bonchev–Trinajstić information content (AvgIpc) is 3.69. The fourth-order valence-electron chi connectivity index (χ4n) is 10.5. The van der Waals surface area contributed by atoms with Gasteiger partial charge in [-0.2, -0.15) is 4.98 Å². The molecule has 1 atom stereocenters. The number of nitrogens with zero attached hydrogens (tertiary/aromatic N) is 7.